The highest BCUT2D eigenvalue weighted by atomic mass is 16.5. The van der Waals surface area contributed by atoms with Crippen LogP contribution < -0.4 is 10.1 Å². The molecule has 1 amide bonds. The van der Waals surface area contributed by atoms with E-state index < -0.39 is 5.41 Å². The number of aryl methyl sites for hydroxylation is 1. The number of nitrogens with one attached hydrogen (secondary N) is 1. The van der Waals surface area contributed by atoms with Gasteiger partial charge in [0, 0.05) is 68.5 Å². The maximum atomic E-state index is 13.9. The summed E-state index contributed by atoms with van der Waals surface area (Å²) in [7, 11) is 0. The summed E-state index contributed by atoms with van der Waals surface area (Å²) in [5.74, 6) is 0.926. The van der Waals surface area contributed by atoms with E-state index in [0.717, 1.165) is 108 Å². The van der Waals surface area contributed by atoms with Crippen LogP contribution in [0.1, 0.15) is 42.5 Å². The minimum absolute atomic E-state index is 0.156. The van der Waals surface area contributed by atoms with Crippen LogP contribution in [-0.2, 0) is 42.3 Å². The highest BCUT2D eigenvalue weighted by molar-refractivity contribution is 5.84. The number of benzene rings is 2. The van der Waals surface area contributed by atoms with Crippen LogP contribution in [0.15, 0.2) is 60.9 Å². The number of nitrogens with zero attached hydrogens (tertiary/aromatic N) is 6. The molecule has 7 rings (SSSR count). The van der Waals surface area contributed by atoms with Crippen molar-refractivity contribution in [3.05, 3.63) is 77.7 Å². The molecule has 10 heteroatoms. The van der Waals surface area contributed by atoms with E-state index in [0.29, 0.717) is 13.2 Å². The topological polar surface area (TPSA) is 89.7 Å². The number of para-hydroxylation sites is 2. The predicted molar refractivity (Wildman–Crippen MR) is 168 cm³/mol. The number of hydrogen-bond acceptors (Lipinski definition) is 7. The van der Waals surface area contributed by atoms with Crippen LogP contribution >= 0.6 is 0 Å². The van der Waals surface area contributed by atoms with Gasteiger partial charge in [-0.05, 0) is 56.5 Å². The predicted octanol–water partition coefficient (Wildman–Crippen LogP) is 3.84. The maximum absolute atomic E-state index is 13.9. The SMILES string of the molecule is O=C1NCc2ccccc2OCc2cn(nn2)CCCC12CCN(Cc1cn(CCN3CCOCC3)c3ccccc13)CC2. The molecule has 4 aromatic rings. The first-order valence-corrected chi connectivity index (χ1v) is 16.1. The minimum Gasteiger partial charge on any atom is -0.487 e. The van der Waals surface area contributed by atoms with Crippen molar-refractivity contribution < 1.29 is 14.3 Å². The van der Waals surface area contributed by atoms with Crippen molar-refractivity contribution in [1.29, 1.82) is 0 Å². The number of rotatable bonds is 5. The van der Waals surface area contributed by atoms with E-state index >= 15 is 0 Å². The molecule has 2 saturated heterocycles. The van der Waals surface area contributed by atoms with Gasteiger partial charge in [-0.3, -0.25) is 19.3 Å². The van der Waals surface area contributed by atoms with Crippen LogP contribution in [0.3, 0.4) is 0 Å². The molecule has 2 bridgehead atoms. The summed E-state index contributed by atoms with van der Waals surface area (Å²) in [6.45, 7) is 9.94. The van der Waals surface area contributed by atoms with E-state index in [-0.39, 0.29) is 5.91 Å². The number of piperidine rings is 1. The van der Waals surface area contributed by atoms with Gasteiger partial charge >= 0.3 is 0 Å². The van der Waals surface area contributed by atoms with Gasteiger partial charge in [-0.25, -0.2) is 0 Å². The number of ether oxygens (including phenoxy) is 2. The van der Waals surface area contributed by atoms with Gasteiger partial charge in [0.25, 0.3) is 0 Å². The van der Waals surface area contributed by atoms with Gasteiger partial charge in [0.15, 0.2) is 0 Å². The molecule has 5 heterocycles. The first-order valence-electron chi connectivity index (χ1n) is 16.1. The standard InChI is InChI=1S/C34H43N7O3/c42-33-34(10-5-13-41-25-29(36-37-41)26-44-32-9-4-1-6-27(32)22-35-33)11-14-39(15-12-34)23-28-24-40(31-8-3-2-7-30(28)31)17-16-38-18-20-43-21-19-38/h1-4,6-9,24-25H,5,10-23,26H2,(H,35,42). The van der Waals surface area contributed by atoms with Crippen molar-refractivity contribution >= 4 is 16.8 Å². The molecular formula is C34H43N7O3. The molecule has 3 aliphatic heterocycles. The zero-order chi connectivity index (χ0) is 29.8. The van der Waals surface area contributed by atoms with Crippen molar-refractivity contribution in [1.82, 2.24) is 34.7 Å². The van der Waals surface area contributed by atoms with Crippen molar-refractivity contribution in [2.75, 3.05) is 45.9 Å². The van der Waals surface area contributed by atoms with Crippen LogP contribution in [-0.4, -0.2) is 81.2 Å². The van der Waals surface area contributed by atoms with Crippen molar-refractivity contribution in [2.45, 2.75) is 58.5 Å². The van der Waals surface area contributed by atoms with Gasteiger partial charge in [-0.2, -0.15) is 0 Å². The average Bonchev–Trinajstić information content (AvgIpc) is 3.67. The molecule has 44 heavy (non-hydrogen) atoms. The third kappa shape index (κ3) is 6.38. The van der Waals surface area contributed by atoms with Crippen LogP contribution in [0.5, 0.6) is 5.75 Å². The van der Waals surface area contributed by atoms with Gasteiger partial charge in [-0.15, -0.1) is 5.10 Å². The van der Waals surface area contributed by atoms with E-state index in [4.69, 9.17) is 9.47 Å². The molecule has 0 unspecified atom stereocenters. The Labute approximate surface area is 258 Å². The number of fused-ring (bicyclic) bond motifs is 4. The molecular weight excluding hydrogens is 554 g/mol. The summed E-state index contributed by atoms with van der Waals surface area (Å²) in [5.41, 5.74) is 4.06. The van der Waals surface area contributed by atoms with Gasteiger partial charge in [-0.1, -0.05) is 41.6 Å². The number of amides is 1. The highest BCUT2D eigenvalue weighted by Gasteiger charge is 2.41. The van der Waals surface area contributed by atoms with Crippen molar-refractivity contribution in [3.8, 4) is 5.75 Å². The second-order valence-corrected chi connectivity index (χ2v) is 12.5. The fraction of sp³-hybridized carbons (Fsp3) is 0.500. The Hall–Kier alpha value is -3.73. The monoisotopic (exact) mass is 597 g/mol. The molecule has 1 spiro atoms. The number of aromatic nitrogens is 4. The number of morpholine rings is 1. The van der Waals surface area contributed by atoms with E-state index in [1.165, 1.54) is 16.5 Å². The van der Waals surface area contributed by atoms with Gasteiger partial charge in [0.05, 0.1) is 24.8 Å². The van der Waals surface area contributed by atoms with E-state index in [9.17, 15) is 4.79 Å². The zero-order valence-electron chi connectivity index (χ0n) is 25.5. The highest BCUT2D eigenvalue weighted by Crippen LogP contribution is 2.38. The molecule has 2 fully saturated rings. The number of carbonyl (C=O) groups is 1. The minimum atomic E-state index is -0.397. The Morgan fingerprint density at radius 1 is 0.864 bits per heavy atom. The van der Waals surface area contributed by atoms with Gasteiger partial charge in [0.1, 0.15) is 18.1 Å². The molecule has 232 valence electrons. The molecule has 10 nitrogen and oxygen atoms in total. The molecule has 2 aromatic heterocycles. The van der Waals surface area contributed by atoms with E-state index in [1.807, 2.05) is 35.1 Å². The smallest absolute Gasteiger partial charge is 0.226 e. The molecule has 0 atom stereocenters. The summed E-state index contributed by atoms with van der Waals surface area (Å²) in [5, 5.41) is 13.2. The molecule has 0 saturated carbocycles. The summed E-state index contributed by atoms with van der Waals surface area (Å²) >= 11 is 0. The largest absolute Gasteiger partial charge is 0.487 e. The van der Waals surface area contributed by atoms with Crippen molar-refractivity contribution in [2.24, 2.45) is 5.41 Å². The number of carbonyl (C=O) groups excluding carboxylic acids is 1. The Morgan fingerprint density at radius 3 is 2.57 bits per heavy atom. The molecule has 2 aromatic carbocycles. The summed E-state index contributed by atoms with van der Waals surface area (Å²) in [6.07, 6.45) is 7.71. The van der Waals surface area contributed by atoms with Gasteiger partial charge < -0.3 is 19.4 Å². The Balaban J connectivity index is 1.04. The maximum Gasteiger partial charge on any atom is 0.226 e. The lowest BCUT2D eigenvalue weighted by atomic mass is 9.73. The number of hydrogen-bond donors (Lipinski definition) is 1. The Morgan fingerprint density at radius 2 is 1.68 bits per heavy atom. The normalized spacial score (nSPS) is 20.1. The third-order valence-electron chi connectivity index (χ3n) is 9.74. The lowest BCUT2D eigenvalue weighted by Gasteiger charge is -2.41. The first kappa shape index (κ1) is 29.0. The van der Waals surface area contributed by atoms with E-state index in [2.05, 4.69) is 60.5 Å². The van der Waals surface area contributed by atoms with E-state index in [1.54, 1.807) is 0 Å². The third-order valence-corrected chi connectivity index (χ3v) is 9.74. The molecule has 0 aliphatic carbocycles. The molecule has 0 radical (unpaired) electrons. The summed E-state index contributed by atoms with van der Waals surface area (Å²) in [4.78, 5) is 18.9. The average molecular weight is 598 g/mol. The van der Waals surface area contributed by atoms with Crippen molar-refractivity contribution in [3.63, 3.8) is 0 Å². The quantitative estimate of drug-likeness (QED) is 0.374. The lowest BCUT2D eigenvalue weighted by molar-refractivity contribution is -0.135. The van der Waals surface area contributed by atoms with Gasteiger partial charge in [0.2, 0.25) is 5.91 Å². The fourth-order valence-electron chi connectivity index (χ4n) is 7.08. The van der Waals surface area contributed by atoms with Crippen LogP contribution in [0.2, 0.25) is 0 Å². The van der Waals surface area contributed by atoms with Crippen LogP contribution in [0.4, 0.5) is 0 Å². The Kier molecular flexibility index (Phi) is 8.63. The van der Waals surface area contributed by atoms with Crippen LogP contribution in [0, 0.1) is 5.41 Å². The number of likely N-dealkylation sites (tertiary alicyclic amines) is 1. The second-order valence-electron chi connectivity index (χ2n) is 12.5. The zero-order valence-corrected chi connectivity index (χ0v) is 25.5. The summed E-state index contributed by atoms with van der Waals surface area (Å²) in [6, 6.07) is 16.7. The Bertz CT molecular complexity index is 1570. The fourth-order valence-corrected chi connectivity index (χ4v) is 7.08. The lowest BCUT2D eigenvalue weighted by Crippen LogP contribution is -2.48. The van der Waals surface area contributed by atoms with Crippen LogP contribution in [0.25, 0.3) is 10.9 Å². The molecule has 1 N–H and O–H groups in total. The summed E-state index contributed by atoms with van der Waals surface area (Å²) < 4.78 is 15.9. The second kappa shape index (κ2) is 13.1. The molecule has 3 aliphatic rings. The first-order chi connectivity index (χ1) is 21.6.